The molecule has 1 rings (SSSR count). The van der Waals surface area contributed by atoms with E-state index in [1.165, 1.54) is 23.8 Å². The normalized spacial score (nSPS) is 12.8. The number of ether oxygens (including phenoxy) is 1. The number of hydrogen-bond acceptors (Lipinski definition) is 4. The summed E-state index contributed by atoms with van der Waals surface area (Å²) in [6.45, 7) is 8.89. The van der Waals surface area contributed by atoms with E-state index in [-0.39, 0.29) is 11.7 Å². The van der Waals surface area contributed by atoms with Crippen molar-refractivity contribution >= 4 is 24.5 Å². The maximum absolute atomic E-state index is 13.0. The van der Waals surface area contributed by atoms with Crippen LogP contribution in [-0.2, 0) is 20.7 Å². The molecule has 0 aromatic heterocycles. The molecule has 1 aromatic carbocycles. The molecule has 33 heavy (non-hydrogen) atoms. The van der Waals surface area contributed by atoms with Gasteiger partial charge in [-0.3, -0.25) is 4.79 Å². The summed E-state index contributed by atoms with van der Waals surface area (Å²) in [6, 6.07) is 9.21. The van der Waals surface area contributed by atoms with E-state index in [0.717, 1.165) is 31.2 Å². The second kappa shape index (κ2) is 16.4. The van der Waals surface area contributed by atoms with E-state index >= 15 is 0 Å². The first-order valence-electron chi connectivity index (χ1n) is 11.7. The second-order valence-corrected chi connectivity index (χ2v) is 9.08. The van der Waals surface area contributed by atoms with E-state index in [0.29, 0.717) is 19.4 Å². The van der Waals surface area contributed by atoms with Gasteiger partial charge in [-0.1, -0.05) is 65.3 Å². The molecule has 0 heterocycles. The van der Waals surface area contributed by atoms with Gasteiger partial charge in [0.1, 0.15) is 6.04 Å². The van der Waals surface area contributed by atoms with Crippen LogP contribution in [0.3, 0.4) is 0 Å². The van der Waals surface area contributed by atoms with Gasteiger partial charge in [-0.15, -0.1) is 0 Å². The first-order valence-corrected chi connectivity index (χ1v) is 12.4. The van der Waals surface area contributed by atoms with Crippen molar-refractivity contribution in [3.63, 3.8) is 0 Å². The van der Waals surface area contributed by atoms with Gasteiger partial charge >= 0.3 is 5.97 Å². The van der Waals surface area contributed by atoms with Gasteiger partial charge in [0.05, 0.1) is 7.11 Å². The van der Waals surface area contributed by atoms with Gasteiger partial charge in [0, 0.05) is 18.7 Å². The fourth-order valence-electron chi connectivity index (χ4n) is 3.47. The zero-order valence-electron chi connectivity index (χ0n) is 21.0. The standard InChI is InChI=1S/C28H41NO3S/c1-22(2)11-9-12-23(3)13-10-14-24(4)19-20-29(26(21-33)28(31)32-5)27(30)18-17-25-15-7-6-8-16-25/h6-8,11,13,15-16,19,26,33H,9-10,12,14,17-18,20-21H2,1-5H3/t26-/m0/s1. The Bertz CT molecular complexity index is 823. The van der Waals surface area contributed by atoms with Crippen molar-refractivity contribution in [3.05, 3.63) is 70.8 Å². The number of methoxy groups -OCH3 is 1. The molecule has 0 radical (unpaired) electrons. The van der Waals surface area contributed by atoms with Crippen LogP contribution in [0.25, 0.3) is 0 Å². The highest BCUT2D eigenvalue weighted by atomic mass is 32.1. The zero-order valence-corrected chi connectivity index (χ0v) is 21.9. The predicted octanol–water partition coefficient (Wildman–Crippen LogP) is 6.34. The predicted molar refractivity (Wildman–Crippen MR) is 142 cm³/mol. The summed E-state index contributed by atoms with van der Waals surface area (Å²) in [6.07, 6.45) is 11.6. The second-order valence-electron chi connectivity index (χ2n) is 8.71. The van der Waals surface area contributed by atoms with Crippen LogP contribution in [0.5, 0.6) is 0 Å². The van der Waals surface area contributed by atoms with E-state index in [1.807, 2.05) is 36.4 Å². The molecule has 1 amide bonds. The van der Waals surface area contributed by atoms with Gasteiger partial charge in [0.25, 0.3) is 0 Å². The van der Waals surface area contributed by atoms with Crippen LogP contribution in [0.4, 0.5) is 0 Å². The van der Waals surface area contributed by atoms with Gasteiger partial charge < -0.3 is 9.64 Å². The molecule has 0 saturated heterocycles. The highest BCUT2D eigenvalue weighted by Crippen LogP contribution is 2.14. The fraction of sp³-hybridized carbons (Fsp3) is 0.500. The molecule has 4 nitrogen and oxygen atoms in total. The van der Waals surface area contributed by atoms with E-state index < -0.39 is 12.0 Å². The van der Waals surface area contributed by atoms with Crippen molar-refractivity contribution in [1.29, 1.82) is 0 Å². The number of thiol groups is 1. The highest BCUT2D eigenvalue weighted by Gasteiger charge is 2.28. The Balaban J connectivity index is 2.74. The molecule has 5 heteroatoms. The molecule has 0 spiro atoms. The van der Waals surface area contributed by atoms with Crippen molar-refractivity contribution in [3.8, 4) is 0 Å². The number of aryl methyl sites for hydroxylation is 1. The van der Waals surface area contributed by atoms with Crippen molar-refractivity contribution < 1.29 is 14.3 Å². The van der Waals surface area contributed by atoms with Crippen LogP contribution >= 0.6 is 12.6 Å². The largest absolute Gasteiger partial charge is 0.467 e. The Morgan fingerprint density at radius 2 is 1.55 bits per heavy atom. The quantitative estimate of drug-likeness (QED) is 0.196. The van der Waals surface area contributed by atoms with Gasteiger partial charge in [-0.25, -0.2) is 4.79 Å². The molecule has 0 unspecified atom stereocenters. The minimum atomic E-state index is -0.692. The third-order valence-electron chi connectivity index (χ3n) is 5.57. The first kappa shape index (κ1) is 28.8. The lowest BCUT2D eigenvalue weighted by Crippen LogP contribution is -2.47. The van der Waals surface area contributed by atoms with Crippen LogP contribution in [-0.4, -0.2) is 42.2 Å². The number of carbonyl (C=O) groups excluding carboxylic acids is 2. The maximum atomic E-state index is 13.0. The topological polar surface area (TPSA) is 46.6 Å². The number of allylic oxidation sites excluding steroid dienone is 5. The Morgan fingerprint density at radius 1 is 0.939 bits per heavy atom. The molecule has 0 aliphatic carbocycles. The van der Waals surface area contributed by atoms with Crippen molar-refractivity contribution in [1.82, 2.24) is 4.90 Å². The smallest absolute Gasteiger partial charge is 0.329 e. The Morgan fingerprint density at radius 3 is 2.12 bits per heavy atom. The minimum absolute atomic E-state index is 0.0673. The van der Waals surface area contributed by atoms with Crippen LogP contribution in [0, 0.1) is 0 Å². The molecule has 1 atom stereocenters. The number of benzene rings is 1. The summed E-state index contributed by atoms with van der Waals surface area (Å²) in [5, 5.41) is 0. The monoisotopic (exact) mass is 471 g/mol. The lowest BCUT2D eigenvalue weighted by atomic mass is 10.1. The molecular weight excluding hydrogens is 430 g/mol. The van der Waals surface area contributed by atoms with Crippen LogP contribution < -0.4 is 0 Å². The van der Waals surface area contributed by atoms with E-state index in [2.05, 4.69) is 52.5 Å². The van der Waals surface area contributed by atoms with Gasteiger partial charge in [0.2, 0.25) is 5.91 Å². The van der Waals surface area contributed by atoms with Crippen molar-refractivity contribution in [2.75, 3.05) is 19.4 Å². The van der Waals surface area contributed by atoms with Gasteiger partial charge in [0.15, 0.2) is 0 Å². The van der Waals surface area contributed by atoms with E-state index in [9.17, 15) is 9.59 Å². The van der Waals surface area contributed by atoms with Gasteiger partial charge in [-0.05, 0) is 65.4 Å². The number of nitrogens with zero attached hydrogens (tertiary/aromatic N) is 1. The summed E-state index contributed by atoms with van der Waals surface area (Å²) >= 11 is 4.32. The highest BCUT2D eigenvalue weighted by molar-refractivity contribution is 7.80. The number of rotatable bonds is 14. The molecule has 0 aliphatic heterocycles. The van der Waals surface area contributed by atoms with Crippen LogP contribution in [0.2, 0.25) is 0 Å². The average Bonchev–Trinajstić information content (AvgIpc) is 2.80. The fourth-order valence-corrected chi connectivity index (χ4v) is 3.82. The zero-order chi connectivity index (χ0) is 24.6. The molecular formula is C28H41NO3S. The lowest BCUT2D eigenvalue weighted by molar-refractivity contribution is -0.151. The molecule has 0 bridgehead atoms. The van der Waals surface area contributed by atoms with Gasteiger partial charge in [-0.2, -0.15) is 12.6 Å². The van der Waals surface area contributed by atoms with Crippen LogP contribution in [0.15, 0.2) is 65.3 Å². The summed E-state index contributed by atoms with van der Waals surface area (Å²) < 4.78 is 4.93. The minimum Gasteiger partial charge on any atom is -0.467 e. The first-order chi connectivity index (χ1) is 15.8. The van der Waals surface area contributed by atoms with Crippen molar-refractivity contribution in [2.45, 2.75) is 72.3 Å². The number of amides is 1. The van der Waals surface area contributed by atoms with Crippen LogP contribution in [0.1, 0.15) is 65.4 Å². The molecule has 182 valence electrons. The number of esters is 1. The maximum Gasteiger partial charge on any atom is 0.329 e. The average molecular weight is 472 g/mol. The van der Waals surface area contributed by atoms with E-state index in [1.54, 1.807) is 4.90 Å². The molecule has 0 N–H and O–H groups in total. The Kier molecular flexibility index (Phi) is 14.3. The summed E-state index contributed by atoms with van der Waals surface area (Å²) in [7, 11) is 1.35. The summed E-state index contributed by atoms with van der Waals surface area (Å²) in [5.41, 5.74) is 5.06. The number of carbonyl (C=O) groups is 2. The SMILES string of the molecule is COC(=O)[C@H](CS)N(CC=C(C)CCC=C(C)CCC=C(C)C)C(=O)CCc1ccccc1. The lowest BCUT2D eigenvalue weighted by Gasteiger charge is -2.28. The molecule has 0 aliphatic rings. The Hall–Kier alpha value is -2.27. The summed E-state index contributed by atoms with van der Waals surface area (Å²) in [4.78, 5) is 26.9. The third-order valence-corrected chi connectivity index (χ3v) is 5.92. The molecule has 0 saturated carbocycles. The van der Waals surface area contributed by atoms with Crippen molar-refractivity contribution in [2.24, 2.45) is 0 Å². The molecule has 0 fully saturated rings. The summed E-state index contributed by atoms with van der Waals surface area (Å²) in [5.74, 6) is -0.272. The Labute approximate surface area is 206 Å². The molecule has 1 aromatic rings. The number of hydrogen-bond donors (Lipinski definition) is 1. The van der Waals surface area contributed by atoms with E-state index in [4.69, 9.17) is 4.74 Å². The third kappa shape index (κ3) is 12.0.